The molecule has 1 saturated carbocycles. The van der Waals surface area contributed by atoms with Crippen LogP contribution in [0.25, 0.3) is 10.9 Å². The Morgan fingerprint density at radius 2 is 2.20 bits per heavy atom. The van der Waals surface area contributed by atoms with Crippen molar-refractivity contribution in [1.29, 1.82) is 0 Å². The quantitative estimate of drug-likeness (QED) is 0.861. The summed E-state index contributed by atoms with van der Waals surface area (Å²) in [5, 5.41) is 1.29. The minimum absolute atomic E-state index is 0.0744. The van der Waals surface area contributed by atoms with Crippen molar-refractivity contribution >= 4 is 26.8 Å². The third kappa shape index (κ3) is 1.60. The van der Waals surface area contributed by atoms with Gasteiger partial charge in [-0.3, -0.25) is 0 Å². The highest BCUT2D eigenvalue weighted by Crippen LogP contribution is 2.38. The molecule has 78 valence electrons. The van der Waals surface area contributed by atoms with E-state index in [1.54, 1.807) is 0 Å². The predicted molar refractivity (Wildman–Crippen MR) is 65.9 cm³/mol. The van der Waals surface area contributed by atoms with Gasteiger partial charge in [-0.2, -0.15) is 0 Å². The lowest BCUT2D eigenvalue weighted by molar-refractivity contribution is 0.675. The maximum atomic E-state index is 6.16. The molecule has 2 nitrogen and oxygen atoms in total. The summed E-state index contributed by atoms with van der Waals surface area (Å²) in [6.45, 7) is 0. The van der Waals surface area contributed by atoms with Crippen molar-refractivity contribution in [2.24, 2.45) is 5.73 Å². The summed E-state index contributed by atoms with van der Waals surface area (Å²) in [6, 6.07) is 6.36. The molecule has 0 spiro atoms. The van der Waals surface area contributed by atoms with Crippen molar-refractivity contribution in [2.45, 2.75) is 24.8 Å². The highest BCUT2D eigenvalue weighted by atomic mass is 79.9. The number of halogens is 1. The molecule has 0 atom stereocenters. The zero-order valence-electron chi connectivity index (χ0n) is 8.39. The number of hydrogen-bond acceptors (Lipinski definition) is 1. The van der Waals surface area contributed by atoms with Crippen LogP contribution in [0.3, 0.4) is 0 Å². The fourth-order valence-electron chi connectivity index (χ4n) is 2.08. The van der Waals surface area contributed by atoms with Gasteiger partial charge < -0.3 is 10.7 Å². The van der Waals surface area contributed by atoms with Gasteiger partial charge in [-0.1, -0.05) is 12.1 Å². The molecule has 0 unspecified atom stereocenters. The number of aromatic nitrogens is 1. The van der Waals surface area contributed by atoms with E-state index in [4.69, 9.17) is 5.73 Å². The summed E-state index contributed by atoms with van der Waals surface area (Å²) in [4.78, 5) is 3.25. The van der Waals surface area contributed by atoms with E-state index in [-0.39, 0.29) is 5.54 Å². The largest absolute Gasteiger partial charge is 0.360 e. The Hall–Kier alpha value is -0.800. The van der Waals surface area contributed by atoms with Crippen molar-refractivity contribution in [1.82, 2.24) is 4.98 Å². The Morgan fingerprint density at radius 1 is 1.40 bits per heavy atom. The van der Waals surface area contributed by atoms with Gasteiger partial charge in [0.05, 0.1) is 0 Å². The molecule has 3 heteroatoms. The maximum Gasteiger partial charge on any atom is 0.0468 e. The average molecular weight is 265 g/mol. The normalized spacial score (nSPS) is 18.3. The molecule has 0 saturated heterocycles. The summed E-state index contributed by atoms with van der Waals surface area (Å²) in [6.07, 6.45) is 5.29. The SMILES string of the molecule is NC1(Cc2cccc3[nH]cc(Br)c23)CC1. The number of fused-ring (bicyclic) bond motifs is 1. The van der Waals surface area contributed by atoms with E-state index < -0.39 is 0 Å². The van der Waals surface area contributed by atoms with Gasteiger partial charge in [-0.25, -0.2) is 0 Å². The van der Waals surface area contributed by atoms with E-state index in [9.17, 15) is 0 Å². The molecule has 0 aliphatic heterocycles. The van der Waals surface area contributed by atoms with E-state index in [2.05, 4.69) is 39.1 Å². The third-order valence-electron chi connectivity index (χ3n) is 3.18. The van der Waals surface area contributed by atoms with Gasteiger partial charge in [-0.05, 0) is 46.8 Å². The summed E-state index contributed by atoms with van der Waals surface area (Å²) in [7, 11) is 0. The number of nitrogens with one attached hydrogen (secondary N) is 1. The van der Waals surface area contributed by atoms with Crippen LogP contribution in [0.5, 0.6) is 0 Å². The monoisotopic (exact) mass is 264 g/mol. The molecule has 0 bridgehead atoms. The van der Waals surface area contributed by atoms with Crippen LogP contribution in [0.2, 0.25) is 0 Å². The standard InChI is InChI=1S/C12H13BrN2/c13-9-7-15-10-3-1-2-8(11(9)10)6-12(14)4-5-12/h1-3,7,15H,4-6,14H2. The van der Waals surface area contributed by atoms with E-state index in [1.165, 1.54) is 16.5 Å². The molecular weight excluding hydrogens is 252 g/mol. The number of H-pyrrole nitrogens is 1. The molecular formula is C12H13BrN2. The van der Waals surface area contributed by atoms with Crippen molar-refractivity contribution in [2.75, 3.05) is 0 Å². The van der Waals surface area contributed by atoms with E-state index >= 15 is 0 Å². The molecule has 1 aromatic heterocycles. The zero-order chi connectivity index (χ0) is 10.5. The zero-order valence-corrected chi connectivity index (χ0v) is 9.97. The smallest absolute Gasteiger partial charge is 0.0468 e. The Morgan fingerprint density at radius 3 is 2.93 bits per heavy atom. The van der Waals surface area contributed by atoms with Crippen LogP contribution in [-0.2, 0) is 6.42 Å². The van der Waals surface area contributed by atoms with Crippen LogP contribution in [0.15, 0.2) is 28.9 Å². The third-order valence-corrected chi connectivity index (χ3v) is 3.80. The first-order valence-electron chi connectivity index (χ1n) is 5.21. The molecule has 1 aromatic carbocycles. The van der Waals surface area contributed by atoms with Gasteiger partial charge in [0.2, 0.25) is 0 Å². The Bertz CT molecular complexity index is 511. The van der Waals surface area contributed by atoms with E-state index in [1.807, 2.05) is 6.20 Å². The highest BCUT2D eigenvalue weighted by Gasteiger charge is 2.38. The molecule has 15 heavy (non-hydrogen) atoms. The Labute approximate surface area is 97.0 Å². The fraction of sp³-hybridized carbons (Fsp3) is 0.333. The van der Waals surface area contributed by atoms with Crippen LogP contribution < -0.4 is 5.73 Å². The highest BCUT2D eigenvalue weighted by molar-refractivity contribution is 9.10. The van der Waals surface area contributed by atoms with Crippen molar-refractivity contribution in [3.8, 4) is 0 Å². The van der Waals surface area contributed by atoms with Gasteiger partial charge in [0, 0.05) is 27.1 Å². The fourth-order valence-corrected chi connectivity index (χ4v) is 2.66. The second-order valence-corrected chi connectivity index (χ2v) is 5.37. The summed E-state index contributed by atoms with van der Waals surface area (Å²) in [5.41, 5.74) is 8.77. The first-order valence-corrected chi connectivity index (χ1v) is 6.01. The Kier molecular flexibility index (Phi) is 1.94. The molecule has 1 aliphatic rings. The van der Waals surface area contributed by atoms with Gasteiger partial charge in [-0.15, -0.1) is 0 Å². The lowest BCUT2D eigenvalue weighted by Gasteiger charge is -2.09. The van der Waals surface area contributed by atoms with E-state index in [0.29, 0.717) is 0 Å². The lowest BCUT2D eigenvalue weighted by atomic mass is 10.0. The minimum Gasteiger partial charge on any atom is -0.360 e. The van der Waals surface area contributed by atoms with Crippen molar-refractivity contribution in [3.05, 3.63) is 34.4 Å². The summed E-state index contributed by atoms with van der Waals surface area (Å²) >= 11 is 3.57. The lowest BCUT2D eigenvalue weighted by Crippen LogP contribution is -2.24. The number of nitrogens with two attached hydrogens (primary N) is 1. The first kappa shape index (κ1) is 9.43. The number of hydrogen-bond donors (Lipinski definition) is 2. The van der Waals surface area contributed by atoms with Gasteiger partial charge in [0.25, 0.3) is 0 Å². The van der Waals surface area contributed by atoms with Gasteiger partial charge in [0.15, 0.2) is 0 Å². The average Bonchev–Trinajstić information content (AvgIpc) is 2.80. The molecule has 2 aromatic rings. The summed E-state index contributed by atoms with van der Waals surface area (Å²) in [5.74, 6) is 0. The molecule has 1 fully saturated rings. The van der Waals surface area contributed by atoms with Crippen LogP contribution >= 0.6 is 15.9 Å². The van der Waals surface area contributed by atoms with Crippen molar-refractivity contribution in [3.63, 3.8) is 0 Å². The van der Waals surface area contributed by atoms with Crippen LogP contribution in [0.4, 0.5) is 0 Å². The molecule has 1 heterocycles. The van der Waals surface area contributed by atoms with Crippen LogP contribution in [0.1, 0.15) is 18.4 Å². The first-order chi connectivity index (χ1) is 7.18. The number of benzene rings is 1. The van der Waals surface area contributed by atoms with Crippen LogP contribution in [0, 0.1) is 0 Å². The van der Waals surface area contributed by atoms with Crippen molar-refractivity contribution < 1.29 is 0 Å². The number of aromatic amines is 1. The second-order valence-electron chi connectivity index (χ2n) is 4.52. The molecule has 0 amide bonds. The molecule has 1 aliphatic carbocycles. The Balaban J connectivity index is 2.12. The van der Waals surface area contributed by atoms with Gasteiger partial charge in [0.1, 0.15) is 0 Å². The van der Waals surface area contributed by atoms with E-state index in [0.717, 1.165) is 23.7 Å². The maximum absolute atomic E-state index is 6.16. The van der Waals surface area contributed by atoms with Gasteiger partial charge >= 0.3 is 0 Å². The molecule has 3 N–H and O–H groups in total. The van der Waals surface area contributed by atoms with Crippen LogP contribution in [-0.4, -0.2) is 10.5 Å². The number of rotatable bonds is 2. The predicted octanol–water partition coefficient (Wildman–Crippen LogP) is 2.96. The second kappa shape index (κ2) is 3.09. The molecule has 3 rings (SSSR count). The summed E-state index contributed by atoms with van der Waals surface area (Å²) < 4.78 is 1.14. The topological polar surface area (TPSA) is 41.8 Å². The minimum atomic E-state index is 0.0744. The molecule has 0 radical (unpaired) electrons.